The number of rotatable bonds is 8. The first kappa shape index (κ1) is 16.2. The van der Waals surface area contributed by atoms with Gasteiger partial charge in [-0.15, -0.1) is 0 Å². The molecular formula is C16H20N2O4. The molecule has 1 aliphatic heterocycles. The van der Waals surface area contributed by atoms with Gasteiger partial charge in [-0.05, 0) is 25.8 Å². The van der Waals surface area contributed by atoms with Crippen LogP contribution in [0.5, 0.6) is 0 Å². The van der Waals surface area contributed by atoms with Gasteiger partial charge in [-0.25, -0.2) is 0 Å². The second-order valence-electron chi connectivity index (χ2n) is 5.64. The van der Waals surface area contributed by atoms with Gasteiger partial charge in [0.2, 0.25) is 12.3 Å². The van der Waals surface area contributed by atoms with Crippen LogP contribution in [-0.2, 0) is 25.5 Å². The van der Waals surface area contributed by atoms with Crippen LogP contribution in [0.4, 0.5) is 0 Å². The summed E-state index contributed by atoms with van der Waals surface area (Å²) in [4.78, 5) is 35.0. The fourth-order valence-corrected chi connectivity index (χ4v) is 2.15. The summed E-state index contributed by atoms with van der Waals surface area (Å²) in [6.45, 7) is 3.64. The van der Waals surface area contributed by atoms with Crippen molar-refractivity contribution in [1.29, 1.82) is 0 Å². The third-order valence-electron chi connectivity index (χ3n) is 3.73. The first-order valence-corrected chi connectivity index (χ1v) is 7.18. The summed E-state index contributed by atoms with van der Waals surface area (Å²) in [5, 5.41) is 5.08. The molecule has 6 nitrogen and oxygen atoms in total. The third-order valence-corrected chi connectivity index (χ3v) is 3.73. The number of carbonyl (C=O) groups is 3. The number of hydrogen-bond donors (Lipinski definition) is 2. The molecule has 0 spiro atoms. The van der Waals surface area contributed by atoms with Gasteiger partial charge >= 0.3 is 0 Å². The van der Waals surface area contributed by atoms with E-state index in [0.717, 1.165) is 5.56 Å². The fourth-order valence-electron chi connectivity index (χ4n) is 2.15. The first-order valence-electron chi connectivity index (χ1n) is 7.18. The first-order chi connectivity index (χ1) is 10.5. The van der Waals surface area contributed by atoms with Crippen LogP contribution in [0.25, 0.3) is 0 Å². The van der Waals surface area contributed by atoms with E-state index in [0.29, 0.717) is 19.4 Å². The normalized spacial score (nSPS) is 22.3. The van der Waals surface area contributed by atoms with Crippen LogP contribution in [0.2, 0.25) is 0 Å². The molecule has 1 heterocycles. The zero-order valence-electron chi connectivity index (χ0n) is 12.7. The van der Waals surface area contributed by atoms with E-state index in [-0.39, 0.29) is 5.78 Å². The van der Waals surface area contributed by atoms with Crippen LogP contribution >= 0.6 is 0 Å². The van der Waals surface area contributed by atoms with E-state index >= 15 is 0 Å². The molecule has 0 bridgehead atoms. The predicted molar refractivity (Wildman–Crippen MR) is 80.1 cm³/mol. The lowest BCUT2D eigenvalue weighted by Crippen LogP contribution is -2.52. The zero-order valence-corrected chi connectivity index (χ0v) is 12.7. The molecule has 1 aromatic rings. The Hall–Kier alpha value is -2.21. The van der Waals surface area contributed by atoms with Crippen molar-refractivity contribution in [2.24, 2.45) is 0 Å². The highest BCUT2D eigenvalue weighted by molar-refractivity contribution is 5.97. The van der Waals surface area contributed by atoms with Gasteiger partial charge < -0.3 is 15.4 Å². The lowest BCUT2D eigenvalue weighted by Gasteiger charge is -2.21. The van der Waals surface area contributed by atoms with Gasteiger partial charge in [0.25, 0.3) is 0 Å². The summed E-state index contributed by atoms with van der Waals surface area (Å²) in [5.74, 6) is -0.548. The Balaban J connectivity index is 2.09. The monoisotopic (exact) mass is 304 g/mol. The van der Waals surface area contributed by atoms with E-state index in [1.807, 2.05) is 30.3 Å². The topological polar surface area (TPSA) is 87.8 Å². The predicted octanol–water partition coefficient (Wildman–Crippen LogP) is 0.206. The molecular weight excluding hydrogens is 284 g/mol. The molecule has 6 heteroatoms. The number of epoxide rings is 1. The largest absolute Gasteiger partial charge is 0.361 e. The summed E-state index contributed by atoms with van der Waals surface area (Å²) in [5.41, 5.74) is 0.134. The number of ether oxygens (including phenoxy) is 1. The Morgan fingerprint density at radius 2 is 2.00 bits per heavy atom. The molecule has 0 saturated carbocycles. The number of amides is 2. The number of carbonyl (C=O) groups excluding carboxylic acids is 3. The second-order valence-corrected chi connectivity index (χ2v) is 5.64. The maximum absolute atomic E-state index is 12.5. The molecule has 0 radical (unpaired) electrons. The van der Waals surface area contributed by atoms with Gasteiger partial charge in [0, 0.05) is 0 Å². The van der Waals surface area contributed by atoms with Gasteiger partial charge in [0.15, 0.2) is 5.78 Å². The van der Waals surface area contributed by atoms with Gasteiger partial charge in [-0.3, -0.25) is 14.4 Å². The van der Waals surface area contributed by atoms with Crippen molar-refractivity contribution in [2.45, 2.75) is 38.0 Å². The lowest BCUT2D eigenvalue weighted by molar-refractivity contribution is -0.131. The smallest absolute Gasteiger partial charge is 0.242 e. The molecule has 2 amide bonds. The SMILES string of the molecule is C[C@H](NC=O)C(=O)NC(Cc1ccccc1)C(=O)C1(C)CO1. The molecule has 118 valence electrons. The Morgan fingerprint density at radius 1 is 1.36 bits per heavy atom. The summed E-state index contributed by atoms with van der Waals surface area (Å²) >= 11 is 0. The number of Topliss-reactive ketones (excluding diaryl/α,β-unsaturated/α-hetero) is 1. The van der Waals surface area contributed by atoms with E-state index in [4.69, 9.17) is 4.74 Å². The highest BCUT2D eigenvalue weighted by Crippen LogP contribution is 2.29. The van der Waals surface area contributed by atoms with Gasteiger partial charge in [-0.1, -0.05) is 30.3 Å². The quantitative estimate of drug-likeness (QED) is 0.531. The summed E-state index contributed by atoms with van der Waals surface area (Å²) in [6, 6.07) is 8.07. The van der Waals surface area contributed by atoms with E-state index in [1.165, 1.54) is 0 Å². The number of ketones is 1. The molecule has 22 heavy (non-hydrogen) atoms. The van der Waals surface area contributed by atoms with Gasteiger partial charge in [-0.2, -0.15) is 0 Å². The van der Waals surface area contributed by atoms with E-state index in [2.05, 4.69) is 10.6 Å². The van der Waals surface area contributed by atoms with Crippen molar-refractivity contribution in [3.63, 3.8) is 0 Å². The minimum atomic E-state index is -0.811. The Kier molecular flexibility index (Phi) is 4.92. The van der Waals surface area contributed by atoms with Crippen LogP contribution in [0, 0.1) is 0 Å². The number of benzene rings is 1. The fraction of sp³-hybridized carbons (Fsp3) is 0.438. The molecule has 1 saturated heterocycles. The molecule has 1 aliphatic rings. The molecule has 1 fully saturated rings. The Bertz CT molecular complexity index is 555. The minimum Gasteiger partial charge on any atom is -0.361 e. The average Bonchev–Trinajstić information content (AvgIpc) is 3.26. The zero-order chi connectivity index (χ0) is 16.2. The Morgan fingerprint density at radius 3 is 2.55 bits per heavy atom. The summed E-state index contributed by atoms with van der Waals surface area (Å²) < 4.78 is 5.19. The molecule has 2 rings (SSSR count). The number of nitrogens with one attached hydrogen (secondary N) is 2. The van der Waals surface area contributed by atoms with E-state index < -0.39 is 23.6 Å². The van der Waals surface area contributed by atoms with Crippen LogP contribution in [0.1, 0.15) is 19.4 Å². The van der Waals surface area contributed by atoms with Crippen molar-refractivity contribution in [3.8, 4) is 0 Å². The molecule has 0 aromatic heterocycles. The molecule has 2 N–H and O–H groups in total. The molecule has 0 aliphatic carbocycles. The molecule has 2 unspecified atom stereocenters. The van der Waals surface area contributed by atoms with Crippen LogP contribution in [0.3, 0.4) is 0 Å². The average molecular weight is 304 g/mol. The maximum Gasteiger partial charge on any atom is 0.242 e. The van der Waals surface area contributed by atoms with Gasteiger partial charge in [0.1, 0.15) is 11.6 Å². The minimum absolute atomic E-state index is 0.150. The standard InChI is InChI=1S/C16H20N2O4/c1-11(17-10-19)15(21)18-13(14(20)16(2)9-22-16)8-12-6-4-3-5-7-12/h3-7,10-11,13H,8-9H2,1-2H3,(H,17,19)(H,18,21)/t11-,13?,16?/m0/s1. The second kappa shape index (κ2) is 6.70. The highest BCUT2D eigenvalue weighted by Gasteiger charge is 2.50. The van der Waals surface area contributed by atoms with E-state index in [9.17, 15) is 14.4 Å². The van der Waals surface area contributed by atoms with Gasteiger partial charge in [0.05, 0.1) is 12.6 Å². The number of hydrogen-bond acceptors (Lipinski definition) is 4. The van der Waals surface area contributed by atoms with Crippen LogP contribution < -0.4 is 10.6 Å². The molecule has 1 aromatic carbocycles. The Labute approximate surface area is 129 Å². The van der Waals surface area contributed by atoms with Crippen molar-refractivity contribution in [2.75, 3.05) is 6.61 Å². The third kappa shape index (κ3) is 3.92. The van der Waals surface area contributed by atoms with Crippen molar-refractivity contribution < 1.29 is 19.1 Å². The highest BCUT2D eigenvalue weighted by atomic mass is 16.6. The van der Waals surface area contributed by atoms with Crippen LogP contribution in [0.15, 0.2) is 30.3 Å². The lowest BCUT2D eigenvalue weighted by atomic mass is 9.94. The summed E-state index contributed by atoms with van der Waals surface area (Å²) in [6.07, 6.45) is 0.849. The summed E-state index contributed by atoms with van der Waals surface area (Å²) in [7, 11) is 0. The van der Waals surface area contributed by atoms with Crippen molar-refractivity contribution in [3.05, 3.63) is 35.9 Å². The van der Waals surface area contributed by atoms with Crippen LogP contribution in [-0.4, -0.2) is 42.4 Å². The molecule has 3 atom stereocenters. The van der Waals surface area contributed by atoms with E-state index in [1.54, 1.807) is 13.8 Å². The van der Waals surface area contributed by atoms with Crippen molar-refractivity contribution in [1.82, 2.24) is 10.6 Å². The maximum atomic E-state index is 12.5. The van der Waals surface area contributed by atoms with Crippen molar-refractivity contribution >= 4 is 18.1 Å².